The molecule has 1 heterocycles. The van der Waals surface area contributed by atoms with Crippen molar-refractivity contribution in [3.63, 3.8) is 0 Å². The number of nitrogens with one attached hydrogen (secondary N) is 1. The topological polar surface area (TPSA) is 51.1 Å². The Bertz CT molecular complexity index is 521. The maximum Gasteiger partial charge on any atom is 0.221 e. The minimum absolute atomic E-state index is 0.0374. The van der Waals surface area contributed by atoms with Crippen LogP contribution in [0.5, 0.6) is 0 Å². The lowest BCUT2D eigenvalue weighted by atomic mass is 10.1. The molecule has 1 amide bonds. The highest BCUT2D eigenvalue weighted by Crippen LogP contribution is 2.19. The van der Waals surface area contributed by atoms with E-state index in [0.29, 0.717) is 18.5 Å². The molecule has 1 N–H and O–H groups in total. The molecule has 0 spiro atoms. The van der Waals surface area contributed by atoms with E-state index >= 15 is 0 Å². The van der Waals surface area contributed by atoms with Crippen LogP contribution in [0.4, 0.5) is 0 Å². The Morgan fingerprint density at radius 1 is 1.33 bits per heavy atom. The molecule has 0 bridgehead atoms. The minimum Gasteiger partial charge on any atom is -0.354 e. The highest BCUT2D eigenvalue weighted by molar-refractivity contribution is 6.33. The molecule has 0 aliphatic rings. The first-order valence-corrected chi connectivity index (χ1v) is 7.85. The summed E-state index contributed by atoms with van der Waals surface area (Å²) in [4.78, 5) is 23.9. The van der Waals surface area contributed by atoms with E-state index in [4.69, 9.17) is 11.6 Å². The molecular weight excluding hydrogens is 288 g/mol. The van der Waals surface area contributed by atoms with Gasteiger partial charge in [-0.1, -0.05) is 6.92 Å². The summed E-state index contributed by atoms with van der Waals surface area (Å²) in [5.74, 6) is -0.0319. The lowest BCUT2D eigenvalue weighted by Crippen LogP contribution is -2.32. The van der Waals surface area contributed by atoms with Gasteiger partial charge in [0, 0.05) is 36.0 Å². The largest absolute Gasteiger partial charge is 0.354 e. The highest BCUT2D eigenvalue weighted by Gasteiger charge is 2.19. The molecule has 1 aromatic heterocycles. The van der Waals surface area contributed by atoms with E-state index in [1.54, 1.807) is 6.92 Å². The van der Waals surface area contributed by atoms with E-state index in [0.717, 1.165) is 17.8 Å². The van der Waals surface area contributed by atoms with Crippen molar-refractivity contribution in [3.8, 4) is 0 Å². The maximum absolute atomic E-state index is 12.0. The smallest absolute Gasteiger partial charge is 0.221 e. The summed E-state index contributed by atoms with van der Waals surface area (Å²) < 4.78 is 2.00. The number of amides is 1. The average Bonchev–Trinajstić information content (AvgIpc) is 2.70. The van der Waals surface area contributed by atoms with Crippen molar-refractivity contribution in [1.82, 2.24) is 9.88 Å². The van der Waals surface area contributed by atoms with E-state index in [2.05, 4.69) is 5.32 Å². The van der Waals surface area contributed by atoms with Gasteiger partial charge in [0.25, 0.3) is 0 Å². The van der Waals surface area contributed by atoms with Crippen LogP contribution in [0.15, 0.2) is 6.07 Å². The number of carbonyl (C=O) groups excluding carboxylic acids is 2. The fourth-order valence-corrected chi connectivity index (χ4v) is 2.39. The van der Waals surface area contributed by atoms with Gasteiger partial charge in [0.2, 0.25) is 5.91 Å². The van der Waals surface area contributed by atoms with Crippen LogP contribution in [0.2, 0.25) is 0 Å². The van der Waals surface area contributed by atoms with Gasteiger partial charge in [0.1, 0.15) is 0 Å². The number of ketones is 1. The Morgan fingerprint density at radius 3 is 2.48 bits per heavy atom. The third-order valence-electron chi connectivity index (χ3n) is 3.78. The van der Waals surface area contributed by atoms with Crippen LogP contribution in [0.25, 0.3) is 0 Å². The fraction of sp³-hybridized carbons (Fsp3) is 0.625. The van der Waals surface area contributed by atoms with E-state index < -0.39 is 5.38 Å². The van der Waals surface area contributed by atoms with Gasteiger partial charge in [-0.2, -0.15) is 0 Å². The summed E-state index contributed by atoms with van der Waals surface area (Å²) in [5, 5.41) is 2.41. The second-order valence-electron chi connectivity index (χ2n) is 5.54. The molecule has 118 valence electrons. The number of hydrogen-bond donors (Lipinski definition) is 1. The maximum atomic E-state index is 12.0. The first-order chi connectivity index (χ1) is 9.77. The van der Waals surface area contributed by atoms with Crippen LogP contribution in [0.1, 0.15) is 55.4 Å². The zero-order valence-corrected chi connectivity index (χ0v) is 14.3. The molecule has 21 heavy (non-hydrogen) atoms. The van der Waals surface area contributed by atoms with Crippen LogP contribution in [-0.2, 0) is 11.3 Å². The second kappa shape index (κ2) is 7.64. The van der Waals surface area contributed by atoms with Gasteiger partial charge in [-0.25, -0.2) is 0 Å². The summed E-state index contributed by atoms with van der Waals surface area (Å²) in [6.07, 6.45) is 1.32. The molecule has 0 saturated carbocycles. The van der Waals surface area contributed by atoms with Crippen molar-refractivity contribution >= 4 is 23.3 Å². The van der Waals surface area contributed by atoms with Crippen LogP contribution in [0, 0.1) is 13.8 Å². The van der Waals surface area contributed by atoms with Gasteiger partial charge in [-0.15, -0.1) is 11.6 Å². The zero-order valence-electron chi connectivity index (χ0n) is 13.5. The molecule has 0 radical (unpaired) electrons. The molecule has 0 aromatic carbocycles. The molecule has 4 nitrogen and oxygen atoms in total. The first-order valence-electron chi connectivity index (χ1n) is 7.42. The Kier molecular flexibility index (Phi) is 6.46. The van der Waals surface area contributed by atoms with Gasteiger partial charge >= 0.3 is 0 Å². The van der Waals surface area contributed by atoms with Crippen LogP contribution in [-0.4, -0.2) is 27.7 Å². The normalized spacial score (nSPS) is 13.8. The Labute approximate surface area is 131 Å². The monoisotopic (exact) mass is 312 g/mol. The SMILES string of the molecule is CCC(C)NC(=O)CCn1c(C)cc(C(=O)C(C)Cl)c1C. The van der Waals surface area contributed by atoms with Crippen molar-refractivity contribution in [2.75, 3.05) is 0 Å². The predicted molar refractivity (Wildman–Crippen MR) is 86.1 cm³/mol. The van der Waals surface area contributed by atoms with E-state index in [-0.39, 0.29) is 17.7 Å². The molecule has 2 unspecified atom stereocenters. The van der Waals surface area contributed by atoms with Crippen molar-refractivity contribution in [2.45, 2.75) is 65.4 Å². The summed E-state index contributed by atoms with van der Waals surface area (Å²) in [5.41, 5.74) is 2.50. The molecule has 2 atom stereocenters. The van der Waals surface area contributed by atoms with Gasteiger partial charge in [-0.05, 0) is 40.2 Å². The van der Waals surface area contributed by atoms with Crippen LogP contribution >= 0.6 is 11.6 Å². The third kappa shape index (κ3) is 4.60. The summed E-state index contributed by atoms with van der Waals surface area (Å²) in [7, 11) is 0. The number of rotatable bonds is 7. The molecule has 0 aliphatic carbocycles. The van der Waals surface area contributed by atoms with Gasteiger partial charge in [0.05, 0.1) is 5.38 Å². The Hall–Kier alpha value is -1.29. The average molecular weight is 313 g/mol. The van der Waals surface area contributed by atoms with Crippen molar-refractivity contribution in [2.24, 2.45) is 0 Å². The number of halogens is 1. The number of carbonyl (C=O) groups is 2. The van der Waals surface area contributed by atoms with Crippen LogP contribution in [0.3, 0.4) is 0 Å². The number of alkyl halides is 1. The quantitative estimate of drug-likeness (QED) is 0.621. The molecule has 0 saturated heterocycles. The molecule has 0 aliphatic heterocycles. The minimum atomic E-state index is -0.535. The van der Waals surface area contributed by atoms with E-state index in [9.17, 15) is 9.59 Å². The van der Waals surface area contributed by atoms with E-state index in [1.807, 2.05) is 38.3 Å². The Morgan fingerprint density at radius 2 is 1.95 bits per heavy atom. The Balaban J connectivity index is 2.77. The predicted octanol–water partition coefficient (Wildman–Crippen LogP) is 3.22. The molecule has 0 fully saturated rings. The van der Waals surface area contributed by atoms with Gasteiger partial charge < -0.3 is 9.88 Å². The molecule has 5 heteroatoms. The molecular formula is C16H25ClN2O2. The third-order valence-corrected chi connectivity index (χ3v) is 3.98. The molecule has 1 aromatic rings. The van der Waals surface area contributed by atoms with Gasteiger partial charge in [-0.3, -0.25) is 9.59 Å². The lowest BCUT2D eigenvalue weighted by Gasteiger charge is -2.13. The van der Waals surface area contributed by atoms with Crippen molar-refractivity contribution < 1.29 is 9.59 Å². The molecule has 1 rings (SSSR count). The van der Waals surface area contributed by atoms with Gasteiger partial charge in [0.15, 0.2) is 5.78 Å². The standard InChI is InChI=1S/C16H25ClN2O2/c1-6-10(2)18-15(20)7-8-19-11(3)9-14(13(19)5)16(21)12(4)17/h9-10,12H,6-8H2,1-5H3,(H,18,20). The van der Waals surface area contributed by atoms with Crippen LogP contribution < -0.4 is 5.32 Å². The lowest BCUT2D eigenvalue weighted by molar-refractivity contribution is -0.121. The van der Waals surface area contributed by atoms with E-state index in [1.165, 1.54) is 0 Å². The highest BCUT2D eigenvalue weighted by atomic mass is 35.5. The van der Waals surface area contributed by atoms with Crippen molar-refractivity contribution in [3.05, 3.63) is 23.0 Å². The zero-order chi connectivity index (χ0) is 16.2. The number of Topliss-reactive ketones (excluding diaryl/α,β-unsaturated/α-hetero) is 1. The fourth-order valence-electron chi connectivity index (χ4n) is 2.27. The summed E-state index contributed by atoms with van der Waals surface area (Å²) in [6, 6.07) is 2.04. The summed E-state index contributed by atoms with van der Waals surface area (Å²) >= 11 is 5.87. The van der Waals surface area contributed by atoms with Crippen molar-refractivity contribution in [1.29, 1.82) is 0 Å². The number of aryl methyl sites for hydroxylation is 1. The second-order valence-corrected chi connectivity index (χ2v) is 6.20. The number of nitrogens with zero attached hydrogens (tertiary/aromatic N) is 1. The number of aromatic nitrogens is 1. The summed E-state index contributed by atoms with van der Waals surface area (Å²) in [6.45, 7) is 10.1. The number of hydrogen-bond acceptors (Lipinski definition) is 2. The first kappa shape index (κ1) is 17.8.